The first kappa shape index (κ1) is 20.2. The zero-order valence-corrected chi connectivity index (χ0v) is 17.4. The molecular weight excluding hydrogens is 408 g/mol. The van der Waals surface area contributed by atoms with E-state index in [2.05, 4.69) is 4.74 Å². The number of rotatable bonds is 4. The SMILES string of the molecule is Cc1c(N2CC(C3CC3)C(C)(N)C2)c(F)cc2c(=O)c(OC(=O)O)cn([C@@H]3C[C@@H]3F)c12. The van der Waals surface area contributed by atoms with Crippen molar-refractivity contribution in [3.63, 3.8) is 0 Å². The smallest absolute Gasteiger partial charge is 0.449 e. The number of anilines is 1. The maximum atomic E-state index is 15.4. The first-order chi connectivity index (χ1) is 14.6. The van der Waals surface area contributed by atoms with Crippen molar-refractivity contribution in [2.24, 2.45) is 17.6 Å². The average molecular weight is 433 g/mol. The van der Waals surface area contributed by atoms with E-state index in [1.165, 1.54) is 10.8 Å². The van der Waals surface area contributed by atoms with Gasteiger partial charge in [0.05, 0.1) is 28.8 Å². The van der Waals surface area contributed by atoms with E-state index in [4.69, 9.17) is 10.8 Å². The fourth-order valence-electron chi connectivity index (χ4n) is 5.30. The molecule has 1 aromatic carbocycles. The third-order valence-corrected chi connectivity index (χ3v) is 6.98. The molecule has 4 atom stereocenters. The van der Waals surface area contributed by atoms with Crippen LogP contribution in [0.5, 0.6) is 5.75 Å². The minimum absolute atomic E-state index is 0.0231. The van der Waals surface area contributed by atoms with E-state index in [1.807, 2.05) is 11.8 Å². The lowest BCUT2D eigenvalue weighted by Gasteiger charge is -2.26. The van der Waals surface area contributed by atoms with E-state index < -0.39 is 40.9 Å². The molecule has 2 unspecified atom stereocenters. The Kier molecular flexibility index (Phi) is 4.35. The minimum atomic E-state index is -1.66. The van der Waals surface area contributed by atoms with E-state index in [1.54, 1.807) is 6.92 Å². The second-order valence-electron chi connectivity index (χ2n) is 9.48. The lowest BCUT2D eigenvalue weighted by Crippen LogP contribution is -2.45. The maximum Gasteiger partial charge on any atom is 0.511 e. The molecule has 166 valence electrons. The molecule has 3 fully saturated rings. The molecule has 1 aromatic heterocycles. The number of fused-ring (bicyclic) bond motifs is 1. The van der Waals surface area contributed by atoms with Gasteiger partial charge in [0.2, 0.25) is 5.43 Å². The third-order valence-electron chi connectivity index (χ3n) is 6.98. The molecule has 2 saturated carbocycles. The molecule has 3 N–H and O–H groups in total. The Labute approximate surface area is 177 Å². The van der Waals surface area contributed by atoms with E-state index in [-0.39, 0.29) is 17.7 Å². The van der Waals surface area contributed by atoms with Gasteiger partial charge in [-0.25, -0.2) is 13.6 Å². The monoisotopic (exact) mass is 433 g/mol. The van der Waals surface area contributed by atoms with Crippen LogP contribution in [0.15, 0.2) is 17.1 Å². The van der Waals surface area contributed by atoms with Gasteiger partial charge in [-0.3, -0.25) is 4.79 Å². The Morgan fingerprint density at radius 3 is 2.65 bits per heavy atom. The summed E-state index contributed by atoms with van der Waals surface area (Å²) in [6.45, 7) is 4.81. The standard InChI is InChI=1S/C22H25F2N3O4/c1-10-18-12(20(28)17(31-21(29)30)8-27(18)16-6-14(16)23)5-15(24)19(10)26-7-13(11-3-4-11)22(2,25)9-26/h5,8,11,13-14,16H,3-4,6-7,9,25H2,1-2H3,(H,29,30)/t13?,14-,16+,22?/m0/s1. The van der Waals surface area contributed by atoms with Crippen molar-refractivity contribution in [1.82, 2.24) is 4.57 Å². The van der Waals surface area contributed by atoms with Gasteiger partial charge in [0.25, 0.3) is 0 Å². The van der Waals surface area contributed by atoms with Crippen LogP contribution in [0.4, 0.5) is 19.3 Å². The lowest BCUT2D eigenvalue weighted by molar-refractivity contribution is 0.143. The van der Waals surface area contributed by atoms with Crippen LogP contribution in [0.1, 0.15) is 37.8 Å². The summed E-state index contributed by atoms with van der Waals surface area (Å²) in [6, 6.07) is 0.563. The summed E-state index contributed by atoms with van der Waals surface area (Å²) in [7, 11) is 0. The molecule has 3 aliphatic rings. The number of carbonyl (C=O) groups is 1. The van der Waals surface area contributed by atoms with Crippen molar-refractivity contribution in [2.45, 2.75) is 50.9 Å². The van der Waals surface area contributed by atoms with Crippen LogP contribution < -0.4 is 20.8 Å². The number of nitrogens with two attached hydrogens (primary N) is 1. The summed E-state index contributed by atoms with van der Waals surface area (Å²) in [5.74, 6) is -0.234. The first-order valence-corrected chi connectivity index (χ1v) is 10.5. The Balaban J connectivity index is 1.68. The molecule has 5 rings (SSSR count). The topological polar surface area (TPSA) is 97.8 Å². The van der Waals surface area contributed by atoms with Gasteiger partial charge in [0, 0.05) is 25.0 Å². The average Bonchev–Trinajstić information content (AvgIpc) is 3.58. The summed E-state index contributed by atoms with van der Waals surface area (Å²) < 4.78 is 35.5. The first-order valence-electron chi connectivity index (χ1n) is 10.5. The van der Waals surface area contributed by atoms with Crippen molar-refractivity contribution in [3.05, 3.63) is 33.9 Å². The number of nitrogens with zero attached hydrogens (tertiary/aromatic N) is 2. The molecule has 1 aliphatic heterocycles. The molecule has 31 heavy (non-hydrogen) atoms. The van der Waals surface area contributed by atoms with Gasteiger partial charge in [-0.2, -0.15) is 0 Å². The molecule has 0 spiro atoms. The Hall–Kier alpha value is -2.68. The number of pyridine rings is 1. The van der Waals surface area contributed by atoms with E-state index in [9.17, 15) is 14.0 Å². The Morgan fingerprint density at radius 1 is 1.39 bits per heavy atom. The lowest BCUT2D eigenvalue weighted by atomic mass is 9.86. The van der Waals surface area contributed by atoms with Gasteiger partial charge in [0.15, 0.2) is 5.75 Å². The van der Waals surface area contributed by atoms with Crippen molar-refractivity contribution in [2.75, 3.05) is 18.0 Å². The second kappa shape index (κ2) is 6.66. The fourth-order valence-corrected chi connectivity index (χ4v) is 5.30. The number of carboxylic acid groups (broad SMARTS) is 1. The predicted molar refractivity (Wildman–Crippen MR) is 111 cm³/mol. The summed E-state index contributed by atoms with van der Waals surface area (Å²) >= 11 is 0. The molecule has 9 heteroatoms. The molecule has 0 amide bonds. The summed E-state index contributed by atoms with van der Waals surface area (Å²) in [5, 5.41) is 8.92. The highest BCUT2D eigenvalue weighted by Crippen LogP contribution is 2.47. The Morgan fingerprint density at radius 2 is 2.06 bits per heavy atom. The van der Waals surface area contributed by atoms with Gasteiger partial charge < -0.3 is 25.0 Å². The highest BCUT2D eigenvalue weighted by atomic mass is 19.1. The molecule has 2 aromatic rings. The zero-order valence-electron chi connectivity index (χ0n) is 17.4. The van der Waals surface area contributed by atoms with Crippen LogP contribution in [-0.4, -0.2) is 40.6 Å². The molecular formula is C22H25F2N3O4. The highest BCUT2D eigenvalue weighted by molar-refractivity contribution is 5.89. The van der Waals surface area contributed by atoms with Crippen LogP contribution in [0, 0.1) is 24.6 Å². The molecule has 2 heterocycles. The molecule has 2 aliphatic carbocycles. The number of aromatic nitrogens is 1. The Bertz CT molecular complexity index is 1160. The maximum absolute atomic E-state index is 15.4. The van der Waals surface area contributed by atoms with Crippen LogP contribution in [0.2, 0.25) is 0 Å². The minimum Gasteiger partial charge on any atom is -0.449 e. The van der Waals surface area contributed by atoms with Crippen molar-refractivity contribution in [1.29, 1.82) is 0 Å². The van der Waals surface area contributed by atoms with E-state index in [0.29, 0.717) is 35.8 Å². The molecule has 1 saturated heterocycles. The highest BCUT2D eigenvalue weighted by Gasteiger charge is 2.48. The predicted octanol–water partition coefficient (Wildman–Crippen LogP) is 3.35. The van der Waals surface area contributed by atoms with Crippen LogP contribution in [0.25, 0.3) is 10.9 Å². The van der Waals surface area contributed by atoms with Gasteiger partial charge in [0.1, 0.15) is 12.0 Å². The van der Waals surface area contributed by atoms with Crippen molar-refractivity contribution in [3.8, 4) is 5.75 Å². The summed E-state index contributed by atoms with van der Waals surface area (Å²) in [4.78, 5) is 25.8. The largest absolute Gasteiger partial charge is 0.511 e. The van der Waals surface area contributed by atoms with Crippen LogP contribution in [0.3, 0.4) is 0 Å². The van der Waals surface area contributed by atoms with Gasteiger partial charge in [-0.1, -0.05) is 0 Å². The number of hydrogen-bond donors (Lipinski definition) is 2. The van der Waals surface area contributed by atoms with Crippen LogP contribution in [-0.2, 0) is 0 Å². The molecule has 0 radical (unpaired) electrons. The fraction of sp³-hybridized carbons (Fsp3) is 0.545. The number of halogens is 2. The normalized spacial score (nSPS) is 30.1. The number of hydrogen-bond acceptors (Lipinski definition) is 5. The third kappa shape index (κ3) is 3.26. The van der Waals surface area contributed by atoms with Gasteiger partial charge in [-0.05, 0) is 50.2 Å². The molecule has 7 nitrogen and oxygen atoms in total. The second-order valence-corrected chi connectivity index (χ2v) is 9.48. The van der Waals surface area contributed by atoms with E-state index in [0.717, 1.165) is 18.9 Å². The van der Waals surface area contributed by atoms with Crippen molar-refractivity contribution < 1.29 is 23.4 Å². The zero-order chi connectivity index (χ0) is 22.2. The molecule has 0 bridgehead atoms. The number of aryl methyl sites for hydroxylation is 1. The quantitative estimate of drug-likeness (QED) is 0.718. The van der Waals surface area contributed by atoms with Gasteiger partial charge in [-0.15, -0.1) is 0 Å². The summed E-state index contributed by atoms with van der Waals surface area (Å²) in [6.07, 6.45) is 0.961. The number of alkyl halides is 1. The van der Waals surface area contributed by atoms with Gasteiger partial charge >= 0.3 is 6.16 Å². The number of benzene rings is 1. The van der Waals surface area contributed by atoms with E-state index >= 15 is 4.39 Å². The van der Waals surface area contributed by atoms with Crippen molar-refractivity contribution >= 4 is 22.7 Å². The van der Waals surface area contributed by atoms with Crippen LogP contribution >= 0.6 is 0 Å². The summed E-state index contributed by atoms with van der Waals surface area (Å²) in [5.41, 5.74) is 6.65. The number of ether oxygens (including phenoxy) is 1.